The van der Waals surface area contributed by atoms with Crippen LogP contribution in [0.15, 0.2) is 78.2 Å². The van der Waals surface area contributed by atoms with Gasteiger partial charge in [-0.2, -0.15) is 0 Å². The third-order valence-electron chi connectivity index (χ3n) is 4.63. The van der Waals surface area contributed by atoms with Crippen LogP contribution in [0, 0.1) is 6.92 Å². The number of methoxy groups -OCH3 is 1. The molecule has 0 saturated heterocycles. The molecule has 156 valence electrons. The number of carbonyl (C=O) groups excluding carboxylic acids is 1. The lowest BCUT2D eigenvalue weighted by Crippen LogP contribution is -2.14. The van der Waals surface area contributed by atoms with E-state index in [4.69, 9.17) is 4.74 Å². The van der Waals surface area contributed by atoms with Gasteiger partial charge in [-0.25, -0.2) is 0 Å². The molecule has 0 aliphatic carbocycles. The van der Waals surface area contributed by atoms with Crippen molar-refractivity contribution < 1.29 is 9.53 Å². The van der Waals surface area contributed by atoms with Crippen molar-refractivity contribution in [2.45, 2.75) is 12.1 Å². The van der Waals surface area contributed by atoms with Crippen LogP contribution < -0.4 is 10.1 Å². The van der Waals surface area contributed by atoms with Crippen LogP contribution >= 0.6 is 11.8 Å². The molecule has 4 rings (SSSR count). The van der Waals surface area contributed by atoms with E-state index in [9.17, 15) is 4.79 Å². The molecule has 0 spiro atoms. The summed E-state index contributed by atoms with van der Waals surface area (Å²) in [7, 11) is 1.61. The van der Waals surface area contributed by atoms with E-state index in [1.54, 1.807) is 43.8 Å². The highest BCUT2D eigenvalue weighted by Gasteiger charge is 2.18. The van der Waals surface area contributed by atoms with Crippen molar-refractivity contribution in [3.05, 3.63) is 78.6 Å². The van der Waals surface area contributed by atoms with Crippen molar-refractivity contribution in [2.75, 3.05) is 18.2 Å². The molecule has 0 unspecified atom stereocenters. The summed E-state index contributed by atoms with van der Waals surface area (Å²) in [4.78, 5) is 16.6. The van der Waals surface area contributed by atoms with Gasteiger partial charge in [0.05, 0.1) is 18.6 Å². The van der Waals surface area contributed by atoms with Gasteiger partial charge in [-0.15, -0.1) is 10.2 Å². The van der Waals surface area contributed by atoms with Crippen molar-refractivity contribution in [2.24, 2.45) is 0 Å². The summed E-state index contributed by atoms with van der Waals surface area (Å²) in [5, 5.41) is 12.3. The highest BCUT2D eigenvalue weighted by molar-refractivity contribution is 7.99. The minimum absolute atomic E-state index is 0.125. The monoisotopic (exact) mass is 431 g/mol. The summed E-state index contributed by atoms with van der Waals surface area (Å²) in [6.07, 6.45) is 3.45. The molecular weight excluding hydrogens is 410 g/mol. The van der Waals surface area contributed by atoms with Crippen molar-refractivity contribution in [3.63, 3.8) is 0 Å². The number of aromatic nitrogens is 4. The zero-order valence-electron chi connectivity index (χ0n) is 17.1. The van der Waals surface area contributed by atoms with Gasteiger partial charge in [0, 0.05) is 23.6 Å². The summed E-state index contributed by atoms with van der Waals surface area (Å²) >= 11 is 1.34. The first-order valence-electron chi connectivity index (χ1n) is 9.64. The van der Waals surface area contributed by atoms with Crippen LogP contribution in [0.2, 0.25) is 0 Å². The summed E-state index contributed by atoms with van der Waals surface area (Å²) in [6.45, 7) is 2.04. The molecule has 1 N–H and O–H groups in total. The number of amides is 1. The van der Waals surface area contributed by atoms with Gasteiger partial charge in [0.2, 0.25) is 5.91 Å². The Balaban J connectivity index is 1.57. The SMILES string of the molecule is COc1ccc(NC(=O)CSc2nnc(-c3ccncc3)n2-c2ccccc2C)cc1. The van der Waals surface area contributed by atoms with Crippen LogP contribution in [0.5, 0.6) is 5.75 Å². The van der Waals surface area contributed by atoms with Crippen LogP contribution in [0.3, 0.4) is 0 Å². The summed E-state index contributed by atoms with van der Waals surface area (Å²) in [6, 6.07) is 19.0. The fraction of sp³-hybridized carbons (Fsp3) is 0.130. The summed E-state index contributed by atoms with van der Waals surface area (Å²) in [5.74, 6) is 1.52. The number of pyridine rings is 1. The molecule has 7 nitrogen and oxygen atoms in total. The van der Waals surface area contributed by atoms with E-state index in [1.807, 2.05) is 47.9 Å². The van der Waals surface area contributed by atoms with Gasteiger partial charge in [-0.05, 0) is 55.0 Å². The Kier molecular flexibility index (Phi) is 6.28. The molecule has 0 bridgehead atoms. The number of ether oxygens (including phenoxy) is 1. The number of hydrogen-bond acceptors (Lipinski definition) is 6. The number of nitrogens with zero attached hydrogens (tertiary/aromatic N) is 4. The fourth-order valence-corrected chi connectivity index (χ4v) is 3.83. The van der Waals surface area contributed by atoms with E-state index in [-0.39, 0.29) is 11.7 Å². The van der Waals surface area contributed by atoms with Crippen LogP contribution in [0.4, 0.5) is 5.69 Å². The molecule has 4 aromatic rings. The Labute approximate surface area is 184 Å². The molecule has 31 heavy (non-hydrogen) atoms. The standard InChI is InChI=1S/C23H21N5O2S/c1-16-5-3-4-6-20(16)28-22(17-11-13-24-14-12-17)26-27-23(28)31-15-21(29)25-18-7-9-19(30-2)10-8-18/h3-14H,15H2,1-2H3,(H,25,29). The number of rotatable bonds is 7. The van der Waals surface area contributed by atoms with Gasteiger partial charge in [-0.3, -0.25) is 14.3 Å². The second kappa shape index (κ2) is 9.44. The topological polar surface area (TPSA) is 81.9 Å². The molecule has 0 radical (unpaired) electrons. The normalized spacial score (nSPS) is 10.6. The number of nitrogens with one attached hydrogen (secondary N) is 1. The number of para-hydroxylation sites is 1. The maximum absolute atomic E-state index is 12.5. The van der Waals surface area contributed by atoms with Crippen molar-refractivity contribution in [1.82, 2.24) is 19.7 Å². The van der Waals surface area contributed by atoms with Gasteiger partial charge < -0.3 is 10.1 Å². The average Bonchev–Trinajstić information content (AvgIpc) is 3.23. The Morgan fingerprint density at radius 3 is 2.48 bits per heavy atom. The van der Waals surface area contributed by atoms with E-state index in [2.05, 4.69) is 20.5 Å². The van der Waals surface area contributed by atoms with E-state index in [0.717, 1.165) is 22.6 Å². The van der Waals surface area contributed by atoms with E-state index in [1.165, 1.54) is 11.8 Å². The first kappa shape index (κ1) is 20.6. The Morgan fingerprint density at radius 1 is 1.03 bits per heavy atom. The Bertz CT molecular complexity index is 1180. The van der Waals surface area contributed by atoms with Gasteiger partial charge in [-0.1, -0.05) is 30.0 Å². The smallest absolute Gasteiger partial charge is 0.234 e. The van der Waals surface area contributed by atoms with Crippen molar-refractivity contribution in [3.8, 4) is 22.8 Å². The minimum atomic E-state index is -0.125. The second-order valence-electron chi connectivity index (χ2n) is 6.73. The van der Waals surface area contributed by atoms with Crippen LogP contribution in [0.25, 0.3) is 17.1 Å². The molecule has 2 heterocycles. The lowest BCUT2D eigenvalue weighted by atomic mass is 10.2. The summed E-state index contributed by atoms with van der Waals surface area (Å²) < 4.78 is 7.13. The number of benzene rings is 2. The van der Waals surface area contributed by atoms with Gasteiger partial charge in [0.25, 0.3) is 0 Å². The highest BCUT2D eigenvalue weighted by atomic mass is 32.2. The number of carbonyl (C=O) groups is 1. The first-order chi connectivity index (χ1) is 15.2. The third-order valence-corrected chi connectivity index (χ3v) is 5.56. The number of thioether (sulfide) groups is 1. The Morgan fingerprint density at radius 2 is 1.77 bits per heavy atom. The van der Waals surface area contributed by atoms with E-state index >= 15 is 0 Å². The molecule has 0 aliphatic heterocycles. The van der Waals surface area contributed by atoms with Gasteiger partial charge >= 0.3 is 0 Å². The lowest BCUT2D eigenvalue weighted by molar-refractivity contribution is -0.113. The van der Waals surface area contributed by atoms with E-state index in [0.29, 0.717) is 16.7 Å². The third kappa shape index (κ3) is 4.75. The zero-order valence-corrected chi connectivity index (χ0v) is 18.0. The van der Waals surface area contributed by atoms with Crippen LogP contribution in [-0.4, -0.2) is 38.5 Å². The summed E-state index contributed by atoms with van der Waals surface area (Å²) in [5.41, 5.74) is 3.67. The predicted octanol–water partition coefficient (Wildman–Crippen LogP) is 4.38. The quantitative estimate of drug-likeness (QED) is 0.438. The molecule has 0 saturated carbocycles. The molecule has 2 aromatic carbocycles. The number of hydrogen-bond donors (Lipinski definition) is 1. The lowest BCUT2D eigenvalue weighted by Gasteiger charge is -2.13. The molecule has 0 atom stereocenters. The maximum atomic E-state index is 12.5. The maximum Gasteiger partial charge on any atom is 0.234 e. The van der Waals surface area contributed by atoms with Crippen molar-refractivity contribution in [1.29, 1.82) is 0 Å². The zero-order chi connectivity index (χ0) is 21.6. The van der Waals surface area contributed by atoms with Gasteiger partial charge in [0.1, 0.15) is 5.75 Å². The fourth-order valence-electron chi connectivity index (χ4n) is 3.08. The molecule has 0 fully saturated rings. The molecule has 2 aromatic heterocycles. The molecular formula is C23H21N5O2S. The Hall–Kier alpha value is -3.65. The van der Waals surface area contributed by atoms with Crippen LogP contribution in [-0.2, 0) is 4.79 Å². The van der Waals surface area contributed by atoms with Crippen LogP contribution in [0.1, 0.15) is 5.56 Å². The highest BCUT2D eigenvalue weighted by Crippen LogP contribution is 2.29. The first-order valence-corrected chi connectivity index (χ1v) is 10.6. The number of anilines is 1. The predicted molar refractivity (Wildman–Crippen MR) is 122 cm³/mol. The van der Waals surface area contributed by atoms with Crippen molar-refractivity contribution >= 4 is 23.4 Å². The molecule has 8 heteroatoms. The minimum Gasteiger partial charge on any atom is -0.497 e. The van der Waals surface area contributed by atoms with Gasteiger partial charge in [0.15, 0.2) is 11.0 Å². The second-order valence-corrected chi connectivity index (χ2v) is 7.67. The largest absolute Gasteiger partial charge is 0.497 e. The average molecular weight is 432 g/mol. The molecule has 0 aliphatic rings. The molecule has 1 amide bonds. The van der Waals surface area contributed by atoms with E-state index < -0.39 is 0 Å². The number of aryl methyl sites for hydroxylation is 1.